The molecule has 2 atom stereocenters. The third-order valence-electron chi connectivity index (χ3n) is 4.18. The Morgan fingerprint density at radius 3 is 2.57 bits per heavy atom. The Labute approximate surface area is 126 Å². The van der Waals surface area contributed by atoms with E-state index in [-0.39, 0.29) is 12.1 Å². The van der Waals surface area contributed by atoms with E-state index in [0.29, 0.717) is 11.4 Å². The van der Waals surface area contributed by atoms with Gasteiger partial charge in [0.1, 0.15) is 0 Å². The average molecular weight is 312 g/mol. The lowest BCUT2D eigenvalue weighted by molar-refractivity contribution is 0.107. The lowest BCUT2D eigenvalue weighted by Gasteiger charge is -2.16. The van der Waals surface area contributed by atoms with Gasteiger partial charge in [-0.3, -0.25) is 0 Å². The van der Waals surface area contributed by atoms with Gasteiger partial charge in [-0.15, -0.1) is 0 Å². The van der Waals surface area contributed by atoms with Crippen LogP contribution in [0.15, 0.2) is 17.0 Å². The van der Waals surface area contributed by atoms with E-state index in [9.17, 15) is 8.42 Å². The van der Waals surface area contributed by atoms with Gasteiger partial charge < -0.3 is 10.5 Å². The van der Waals surface area contributed by atoms with Crippen LogP contribution in [0.2, 0.25) is 0 Å². The van der Waals surface area contributed by atoms with Crippen LogP contribution in [0, 0.1) is 13.8 Å². The maximum Gasteiger partial charge on any atom is 0.241 e. The first-order valence-electron chi connectivity index (χ1n) is 7.22. The van der Waals surface area contributed by atoms with Crippen LogP contribution < -0.4 is 10.5 Å². The summed E-state index contributed by atoms with van der Waals surface area (Å²) < 4.78 is 33.3. The summed E-state index contributed by atoms with van der Waals surface area (Å²) in [5.41, 5.74) is 8.32. The minimum atomic E-state index is -3.52. The molecule has 1 aromatic carbocycles. The summed E-state index contributed by atoms with van der Waals surface area (Å²) >= 11 is 0. The molecule has 2 unspecified atom stereocenters. The fourth-order valence-electron chi connectivity index (χ4n) is 2.93. The molecule has 0 radical (unpaired) electrons. The minimum absolute atomic E-state index is 0.0537. The van der Waals surface area contributed by atoms with Crippen LogP contribution in [0.3, 0.4) is 0 Å². The molecule has 1 saturated carbocycles. The summed E-state index contributed by atoms with van der Waals surface area (Å²) in [5, 5.41) is 0. The molecule has 21 heavy (non-hydrogen) atoms. The highest BCUT2D eigenvalue weighted by Crippen LogP contribution is 2.25. The van der Waals surface area contributed by atoms with Crippen LogP contribution in [0.1, 0.15) is 36.0 Å². The Morgan fingerprint density at radius 1 is 1.29 bits per heavy atom. The summed E-state index contributed by atoms with van der Waals surface area (Å²) in [6.07, 6.45) is 2.58. The fourth-order valence-corrected chi connectivity index (χ4v) is 4.49. The van der Waals surface area contributed by atoms with Crippen molar-refractivity contribution in [3.63, 3.8) is 0 Å². The van der Waals surface area contributed by atoms with Gasteiger partial charge in [-0.1, -0.05) is 6.07 Å². The van der Waals surface area contributed by atoms with Gasteiger partial charge in [0.2, 0.25) is 10.0 Å². The van der Waals surface area contributed by atoms with Crippen molar-refractivity contribution in [1.82, 2.24) is 4.72 Å². The van der Waals surface area contributed by atoms with Gasteiger partial charge in [0.15, 0.2) is 0 Å². The standard InChI is InChI=1S/C15H24N2O3S/c1-10-6-11(2)15(7-12(10)9-16)21(18,19)17-13-4-5-14(8-13)20-3/h6-7,13-14,17H,4-5,8-9,16H2,1-3H3. The minimum Gasteiger partial charge on any atom is -0.381 e. The molecular weight excluding hydrogens is 288 g/mol. The topological polar surface area (TPSA) is 81.4 Å². The average Bonchev–Trinajstić information content (AvgIpc) is 2.85. The van der Waals surface area contributed by atoms with Crippen LogP contribution in [-0.4, -0.2) is 27.7 Å². The van der Waals surface area contributed by atoms with Crippen LogP contribution in [-0.2, 0) is 21.3 Å². The van der Waals surface area contributed by atoms with E-state index < -0.39 is 10.0 Å². The second kappa shape index (κ2) is 6.44. The number of nitrogens with one attached hydrogen (secondary N) is 1. The molecule has 0 spiro atoms. The Morgan fingerprint density at radius 2 is 2.00 bits per heavy atom. The van der Waals surface area contributed by atoms with Crippen LogP contribution in [0.5, 0.6) is 0 Å². The SMILES string of the molecule is COC1CCC(NS(=O)(=O)c2cc(CN)c(C)cc2C)C1. The maximum absolute atomic E-state index is 12.6. The first-order chi connectivity index (χ1) is 9.87. The zero-order valence-corrected chi connectivity index (χ0v) is 13.7. The predicted octanol–water partition coefficient (Wildman–Crippen LogP) is 1.61. The molecule has 118 valence electrons. The largest absolute Gasteiger partial charge is 0.381 e. The van der Waals surface area contributed by atoms with Gasteiger partial charge in [0.25, 0.3) is 0 Å². The predicted molar refractivity (Wildman–Crippen MR) is 82.6 cm³/mol. The molecule has 0 aliphatic heterocycles. The normalized spacial score (nSPS) is 22.7. The van der Waals surface area contributed by atoms with Crippen molar-refractivity contribution in [3.8, 4) is 0 Å². The Balaban J connectivity index is 2.24. The highest BCUT2D eigenvalue weighted by atomic mass is 32.2. The smallest absolute Gasteiger partial charge is 0.241 e. The number of aryl methyl sites for hydroxylation is 2. The summed E-state index contributed by atoms with van der Waals surface area (Å²) in [5.74, 6) is 0. The Hall–Kier alpha value is -0.950. The number of benzene rings is 1. The molecule has 0 heterocycles. The first kappa shape index (κ1) is 16.4. The molecule has 0 aromatic heterocycles. The summed E-state index contributed by atoms with van der Waals surface area (Å²) in [7, 11) is -1.85. The maximum atomic E-state index is 12.6. The van der Waals surface area contributed by atoms with Crippen LogP contribution in [0.4, 0.5) is 0 Å². The molecule has 1 fully saturated rings. The van der Waals surface area contributed by atoms with E-state index in [0.717, 1.165) is 36.0 Å². The lowest BCUT2D eigenvalue weighted by Crippen LogP contribution is -2.34. The molecular formula is C15H24N2O3S. The van der Waals surface area contributed by atoms with Crippen molar-refractivity contribution in [3.05, 3.63) is 28.8 Å². The van der Waals surface area contributed by atoms with E-state index in [1.54, 1.807) is 13.2 Å². The number of sulfonamides is 1. The Bertz CT molecular complexity index is 614. The van der Waals surface area contributed by atoms with Crippen molar-refractivity contribution in [2.24, 2.45) is 5.73 Å². The molecule has 6 heteroatoms. The third kappa shape index (κ3) is 3.63. The van der Waals surface area contributed by atoms with Gasteiger partial charge in [0, 0.05) is 19.7 Å². The molecule has 0 saturated heterocycles. The monoisotopic (exact) mass is 312 g/mol. The van der Waals surface area contributed by atoms with Crippen molar-refractivity contribution in [2.45, 2.75) is 56.7 Å². The zero-order valence-electron chi connectivity index (χ0n) is 12.8. The number of nitrogens with two attached hydrogens (primary N) is 1. The molecule has 0 amide bonds. The molecule has 5 nitrogen and oxygen atoms in total. The van der Waals surface area contributed by atoms with Gasteiger partial charge in [-0.25, -0.2) is 13.1 Å². The third-order valence-corrected chi connectivity index (χ3v) is 5.85. The van der Waals surface area contributed by atoms with Gasteiger partial charge in [0.05, 0.1) is 11.0 Å². The Kier molecular flexibility index (Phi) is 5.03. The second-order valence-electron chi connectivity index (χ2n) is 5.74. The van der Waals surface area contributed by atoms with Gasteiger partial charge >= 0.3 is 0 Å². The second-order valence-corrected chi connectivity index (χ2v) is 7.42. The summed E-state index contributed by atoms with van der Waals surface area (Å²) in [4.78, 5) is 0.328. The number of methoxy groups -OCH3 is 1. The van der Waals surface area contributed by atoms with Crippen LogP contribution >= 0.6 is 0 Å². The number of hydrogen-bond acceptors (Lipinski definition) is 4. The van der Waals surface area contributed by atoms with E-state index in [1.807, 2.05) is 19.9 Å². The highest BCUT2D eigenvalue weighted by Gasteiger charge is 2.29. The van der Waals surface area contributed by atoms with Crippen molar-refractivity contribution >= 4 is 10.0 Å². The molecule has 3 N–H and O–H groups in total. The first-order valence-corrected chi connectivity index (χ1v) is 8.71. The van der Waals surface area contributed by atoms with Gasteiger partial charge in [-0.2, -0.15) is 0 Å². The number of ether oxygens (including phenoxy) is 1. The molecule has 2 rings (SSSR count). The fraction of sp³-hybridized carbons (Fsp3) is 0.600. The lowest BCUT2D eigenvalue weighted by atomic mass is 10.1. The van der Waals surface area contributed by atoms with Crippen molar-refractivity contribution in [2.75, 3.05) is 7.11 Å². The molecule has 1 aromatic rings. The van der Waals surface area contributed by atoms with E-state index >= 15 is 0 Å². The van der Waals surface area contributed by atoms with Gasteiger partial charge in [-0.05, 0) is 55.9 Å². The summed E-state index contributed by atoms with van der Waals surface area (Å²) in [6.45, 7) is 4.09. The van der Waals surface area contributed by atoms with Crippen molar-refractivity contribution in [1.29, 1.82) is 0 Å². The molecule has 0 bridgehead atoms. The van der Waals surface area contributed by atoms with E-state index in [4.69, 9.17) is 10.5 Å². The molecule has 1 aliphatic rings. The summed E-state index contributed by atoms with van der Waals surface area (Å²) in [6, 6.07) is 3.51. The quantitative estimate of drug-likeness (QED) is 0.865. The number of rotatable bonds is 5. The molecule has 1 aliphatic carbocycles. The van der Waals surface area contributed by atoms with E-state index in [1.165, 1.54) is 0 Å². The van der Waals surface area contributed by atoms with Crippen molar-refractivity contribution < 1.29 is 13.2 Å². The number of hydrogen-bond donors (Lipinski definition) is 2. The van der Waals surface area contributed by atoms with Crippen LogP contribution in [0.25, 0.3) is 0 Å². The highest BCUT2D eigenvalue weighted by molar-refractivity contribution is 7.89. The van der Waals surface area contributed by atoms with E-state index in [2.05, 4.69) is 4.72 Å². The zero-order chi connectivity index (χ0) is 15.6.